The predicted octanol–water partition coefficient (Wildman–Crippen LogP) is 1.59. The molecular weight excluding hydrogens is 264 g/mol. The van der Waals surface area contributed by atoms with Crippen molar-refractivity contribution in [3.05, 3.63) is 42.5 Å². The van der Waals surface area contributed by atoms with Crippen molar-refractivity contribution in [1.29, 1.82) is 0 Å². The van der Waals surface area contributed by atoms with E-state index in [0.29, 0.717) is 22.6 Å². The van der Waals surface area contributed by atoms with Crippen LogP contribution in [0.1, 0.15) is 0 Å². The SMILES string of the molecule is COc1ccc(S(N)(=O)=O)c(-c2ccccc2N)c1. The molecule has 2 aromatic rings. The zero-order chi connectivity index (χ0) is 14.0. The molecule has 5 nitrogen and oxygen atoms in total. The molecule has 100 valence electrons. The maximum atomic E-state index is 11.6. The summed E-state index contributed by atoms with van der Waals surface area (Å²) in [5.41, 5.74) is 7.39. The van der Waals surface area contributed by atoms with Crippen molar-refractivity contribution in [2.75, 3.05) is 12.8 Å². The van der Waals surface area contributed by atoms with Crippen LogP contribution in [0, 0.1) is 0 Å². The van der Waals surface area contributed by atoms with Crippen LogP contribution in [0.4, 0.5) is 5.69 Å². The van der Waals surface area contributed by atoms with Crippen LogP contribution in [0.5, 0.6) is 5.75 Å². The van der Waals surface area contributed by atoms with Crippen LogP contribution in [0.3, 0.4) is 0 Å². The minimum atomic E-state index is -3.83. The molecule has 0 amide bonds. The number of sulfonamides is 1. The first-order valence-electron chi connectivity index (χ1n) is 5.49. The van der Waals surface area contributed by atoms with Crippen LogP contribution < -0.4 is 15.6 Å². The number of hydrogen-bond donors (Lipinski definition) is 2. The minimum absolute atomic E-state index is 0.0196. The van der Waals surface area contributed by atoms with Gasteiger partial charge in [-0.05, 0) is 24.3 Å². The standard InChI is InChI=1S/C13H14N2O3S/c1-18-9-6-7-13(19(15,16)17)11(8-9)10-4-2-3-5-12(10)14/h2-8H,14H2,1H3,(H2,15,16,17). The molecule has 2 rings (SSSR count). The fraction of sp³-hybridized carbons (Fsp3) is 0.0769. The van der Waals surface area contributed by atoms with Gasteiger partial charge in [0.15, 0.2) is 0 Å². The Bertz CT molecular complexity index is 712. The fourth-order valence-electron chi connectivity index (χ4n) is 1.84. The van der Waals surface area contributed by atoms with Gasteiger partial charge in [0, 0.05) is 16.8 Å². The molecule has 0 bridgehead atoms. The number of benzene rings is 2. The monoisotopic (exact) mass is 278 g/mol. The van der Waals surface area contributed by atoms with Crippen LogP contribution in [-0.2, 0) is 10.0 Å². The van der Waals surface area contributed by atoms with E-state index >= 15 is 0 Å². The van der Waals surface area contributed by atoms with Crippen LogP contribution in [0.15, 0.2) is 47.4 Å². The number of para-hydroxylation sites is 1. The number of nitrogens with two attached hydrogens (primary N) is 2. The molecule has 4 N–H and O–H groups in total. The second-order valence-corrected chi connectivity index (χ2v) is 5.52. The number of rotatable bonds is 3. The molecule has 0 atom stereocenters. The summed E-state index contributed by atoms with van der Waals surface area (Å²) in [6.45, 7) is 0. The summed E-state index contributed by atoms with van der Waals surface area (Å²) in [4.78, 5) is 0.0196. The highest BCUT2D eigenvalue weighted by molar-refractivity contribution is 7.89. The van der Waals surface area contributed by atoms with Crippen molar-refractivity contribution in [3.8, 4) is 16.9 Å². The Labute approximate surface area is 111 Å². The molecule has 6 heteroatoms. The van der Waals surface area contributed by atoms with Gasteiger partial charge in [0.1, 0.15) is 5.75 Å². The van der Waals surface area contributed by atoms with E-state index in [4.69, 9.17) is 15.6 Å². The molecule has 2 aromatic carbocycles. The smallest absolute Gasteiger partial charge is 0.238 e. The Morgan fingerprint density at radius 1 is 1.05 bits per heavy atom. The van der Waals surface area contributed by atoms with Crippen molar-refractivity contribution in [2.24, 2.45) is 5.14 Å². The van der Waals surface area contributed by atoms with E-state index in [2.05, 4.69) is 0 Å². The van der Waals surface area contributed by atoms with Gasteiger partial charge in [0.2, 0.25) is 10.0 Å². The van der Waals surface area contributed by atoms with Crippen molar-refractivity contribution in [1.82, 2.24) is 0 Å². The average Bonchev–Trinajstić information content (AvgIpc) is 2.37. The molecule has 0 aromatic heterocycles. The summed E-state index contributed by atoms with van der Waals surface area (Å²) >= 11 is 0. The Balaban J connectivity index is 2.77. The third-order valence-corrected chi connectivity index (χ3v) is 3.71. The van der Waals surface area contributed by atoms with Gasteiger partial charge >= 0.3 is 0 Å². The molecule has 0 aliphatic rings. The third-order valence-electron chi connectivity index (χ3n) is 2.74. The Kier molecular flexibility index (Phi) is 3.46. The highest BCUT2D eigenvalue weighted by atomic mass is 32.2. The molecule has 0 saturated heterocycles. The molecule has 0 fully saturated rings. The zero-order valence-corrected chi connectivity index (χ0v) is 11.1. The van der Waals surface area contributed by atoms with E-state index in [1.165, 1.54) is 13.2 Å². The number of methoxy groups -OCH3 is 1. The zero-order valence-electron chi connectivity index (χ0n) is 10.3. The molecule has 0 heterocycles. The quantitative estimate of drug-likeness (QED) is 0.833. The molecular formula is C13H14N2O3S. The summed E-state index contributed by atoms with van der Waals surface area (Å²) in [6.07, 6.45) is 0. The molecule has 0 aliphatic heterocycles. The normalized spacial score (nSPS) is 11.3. The lowest BCUT2D eigenvalue weighted by Gasteiger charge is -2.12. The lowest BCUT2D eigenvalue weighted by atomic mass is 10.0. The maximum Gasteiger partial charge on any atom is 0.238 e. The maximum absolute atomic E-state index is 11.6. The largest absolute Gasteiger partial charge is 0.497 e. The second kappa shape index (κ2) is 4.91. The topological polar surface area (TPSA) is 95.4 Å². The number of nitrogen functional groups attached to an aromatic ring is 1. The van der Waals surface area contributed by atoms with E-state index in [-0.39, 0.29) is 4.90 Å². The van der Waals surface area contributed by atoms with E-state index < -0.39 is 10.0 Å². The van der Waals surface area contributed by atoms with Crippen molar-refractivity contribution in [3.63, 3.8) is 0 Å². The highest BCUT2D eigenvalue weighted by Gasteiger charge is 2.17. The van der Waals surface area contributed by atoms with Gasteiger partial charge in [-0.25, -0.2) is 13.6 Å². The first-order chi connectivity index (χ1) is 8.93. The fourth-order valence-corrected chi connectivity index (χ4v) is 2.57. The lowest BCUT2D eigenvalue weighted by molar-refractivity contribution is 0.414. The molecule has 19 heavy (non-hydrogen) atoms. The molecule has 0 unspecified atom stereocenters. The van der Waals surface area contributed by atoms with Crippen molar-refractivity contribution < 1.29 is 13.2 Å². The summed E-state index contributed by atoms with van der Waals surface area (Å²) in [5.74, 6) is 0.533. The predicted molar refractivity (Wildman–Crippen MR) is 74.2 cm³/mol. The van der Waals surface area contributed by atoms with Crippen LogP contribution in [0.25, 0.3) is 11.1 Å². The van der Waals surface area contributed by atoms with Gasteiger partial charge in [0.05, 0.1) is 12.0 Å². The average molecular weight is 278 g/mol. The Hall–Kier alpha value is -2.05. The van der Waals surface area contributed by atoms with Gasteiger partial charge in [-0.1, -0.05) is 18.2 Å². The van der Waals surface area contributed by atoms with Gasteiger partial charge < -0.3 is 10.5 Å². The summed E-state index contributed by atoms with van der Waals surface area (Å²) < 4.78 is 28.4. The number of primary sulfonamides is 1. The highest BCUT2D eigenvalue weighted by Crippen LogP contribution is 2.33. The van der Waals surface area contributed by atoms with E-state index in [1.807, 2.05) is 0 Å². The molecule has 0 aliphatic carbocycles. The summed E-state index contributed by atoms with van der Waals surface area (Å²) in [7, 11) is -2.33. The Morgan fingerprint density at radius 2 is 1.74 bits per heavy atom. The lowest BCUT2D eigenvalue weighted by Crippen LogP contribution is -2.13. The van der Waals surface area contributed by atoms with E-state index in [0.717, 1.165) is 0 Å². The van der Waals surface area contributed by atoms with Gasteiger partial charge in [0.25, 0.3) is 0 Å². The number of hydrogen-bond acceptors (Lipinski definition) is 4. The van der Waals surface area contributed by atoms with Crippen LogP contribution in [-0.4, -0.2) is 15.5 Å². The first-order valence-corrected chi connectivity index (χ1v) is 7.04. The Morgan fingerprint density at radius 3 is 2.32 bits per heavy atom. The van der Waals surface area contributed by atoms with Crippen LogP contribution >= 0.6 is 0 Å². The minimum Gasteiger partial charge on any atom is -0.497 e. The van der Waals surface area contributed by atoms with Gasteiger partial charge in [-0.3, -0.25) is 0 Å². The summed E-state index contributed by atoms with van der Waals surface area (Å²) in [6, 6.07) is 11.5. The van der Waals surface area contributed by atoms with Crippen LogP contribution in [0.2, 0.25) is 0 Å². The second-order valence-electron chi connectivity index (χ2n) is 3.99. The number of anilines is 1. The van der Waals surface area contributed by atoms with Crippen molar-refractivity contribution in [2.45, 2.75) is 4.90 Å². The summed E-state index contributed by atoms with van der Waals surface area (Å²) in [5, 5.41) is 5.23. The van der Waals surface area contributed by atoms with E-state index in [1.54, 1.807) is 36.4 Å². The van der Waals surface area contributed by atoms with Gasteiger partial charge in [-0.15, -0.1) is 0 Å². The molecule has 0 radical (unpaired) electrons. The first kappa shape index (κ1) is 13.4. The van der Waals surface area contributed by atoms with Crippen molar-refractivity contribution >= 4 is 15.7 Å². The number of ether oxygens (including phenoxy) is 1. The molecule has 0 spiro atoms. The third kappa shape index (κ3) is 2.69. The van der Waals surface area contributed by atoms with Gasteiger partial charge in [-0.2, -0.15) is 0 Å². The molecule has 0 saturated carbocycles. The van der Waals surface area contributed by atoms with E-state index in [9.17, 15) is 8.42 Å².